The Kier molecular flexibility index (Phi) is 7.29. The van der Waals surface area contributed by atoms with Gasteiger partial charge in [0.15, 0.2) is 11.5 Å². The average Bonchev–Trinajstić information content (AvgIpc) is 2.66. The van der Waals surface area contributed by atoms with Gasteiger partial charge in [0.05, 0.1) is 44.9 Å². The van der Waals surface area contributed by atoms with Crippen molar-refractivity contribution in [2.75, 3.05) is 39.5 Å². The number of carbonyl (C=O) groups excluding carboxylic acids is 1. The third kappa shape index (κ3) is 4.89. The van der Waals surface area contributed by atoms with E-state index in [4.69, 9.17) is 30.5 Å². The first-order valence-corrected chi connectivity index (χ1v) is 8.95. The lowest BCUT2D eigenvalue weighted by molar-refractivity contribution is -0.113. The van der Waals surface area contributed by atoms with Crippen LogP contribution in [0.5, 0.6) is 23.0 Å². The predicted molar refractivity (Wildman–Crippen MR) is 103 cm³/mol. The Hall–Kier alpha value is -2.25. The quantitative estimate of drug-likeness (QED) is 0.676. The molecule has 0 aliphatic rings. The Morgan fingerprint density at radius 2 is 1.58 bits per heavy atom. The second-order valence-corrected chi connectivity index (χ2v) is 6.50. The molecular weight excluding hydrogens is 378 g/mol. The van der Waals surface area contributed by atoms with Crippen molar-refractivity contribution in [2.24, 2.45) is 0 Å². The number of hydrogen-bond acceptors (Lipinski definition) is 6. The van der Waals surface area contributed by atoms with Crippen LogP contribution in [0.4, 0.5) is 5.69 Å². The Bertz CT molecular complexity index is 784. The van der Waals surface area contributed by atoms with Crippen LogP contribution in [0.15, 0.2) is 35.2 Å². The summed E-state index contributed by atoms with van der Waals surface area (Å²) >= 11 is 7.44. The molecule has 1 N–H and O–H groups in total. The molecule has 2 aromatic rings. The zero-order valence-electron chi connectivity index (χ0n) is 14.9. The normalized spacial score (nSPS) is 10.2. The van der Waals surface area contributed by atoms with Gasteiger partial charge in [-0.3, -0.25) is 4.79 Å². The van der Waals surface area contributed by atoms with E-state index in [1.807, 2.05) is 12.1 Å². The van der Waals surface area contributed by atoms with E-state index in [-0.39, 0.29) is 11.7 Å². The largest absolute Gasteiger partial charge is 0.495 e. The summed E-state index contributed by atoms with van der Waals surface area (Å²) in [5.74, 6) is 2.19. The molecule has 0 aliphatic heterocycles. The summed E-state index contributed by atoms with van der Waals surface area (Å²) in [5.41, 5.74) is 0.492. The number of rotatable bonds is 8. The topological polar surface area (TPSA) is 66.0 Å². The third-order valence-corrected chi connectivity index (χ3v) is 4.76. The van der Waals surface area contributed by atoms with Gasteiger partial charge in [-0.2, -0.15) is 0 Å². The molecule has 140 valence electrons. The fourth-order valence-electron chi connectivity index (χ4n) is 2.20. The number of benzene rings is 2. The molecule has 0 heterocycles. The van der Waals surface area contributed by atoms with E-state index in [0.717, 1.165) is 4.90 Å². The maximum absolute atomic E-state index is 12.3. The molecule has 0 saturated carbocycles. The van der Waals surface area contributed by atoms with E-state index in [0.29, 0.717) is 33.7 Å². The number of anilines is 1. The highest BCUT2D eigenvalue weighted by atomic mass is 35.5. The summed E-state index contributed by atoms with van der Waals surface area (Å²) in [6.45, 7) is 0. The standard InChI is InChI=1S/C18H20ClNO5S/c1-22-14-6-5-11(7-17(14)25-4)26-10-18(21)20-13-9-15(23-2)12(19)8-16(13)24-3/h5-9H,10H2,1-4H3,(H,20,21). The molecule has 26 heavy (non-hydrogen) atoms. The molecule has 6 nitrogen and oxygen atoms in total. The molecular formula is C18H20ClNO5S. The van der Waals surface area contributed by atoms with Gasteiger partial charge in [0.25, 0.3) is 0 Å². The summed E-state index contributed by atoms with van der Waals surface area (Å²) in [5, 5.41) is 3.21. The van der Waals surface area contributed by atoms with Crippen molar-refractivity contribution in [3.05, 3.63) is 35.4 Å². The van der Waals surface area contributed by atoms with E-state index >= 15 is 0 Å². The molecule has 8 heteroatoms. The summed E-state index contributed by atoms with van der Waals surface area (Å²) < 4.78 is 20.9. The molecule has 0 spiro atoms. The molecule has 0 unspecified atom stereocenters. The number of ether oxygens (including phenoxy) is 4. The van der Waals surface area contributed by atoms with Gasteiger partial charge in [0.2, 0.25) is 5.91 Å². The highest BCUT2D eigenvalue weighted by molar-refractivity contribution is 8.00. The van der Waals surface area contributed by atoms with Crippen LogP contribution in [-0.2, 0) is 4.79 Å². The van der Waals surface area contributed by atoms with Gasteiger partial charge in [0.1, 0.15) is 11.5 Å². The van der Waals surface area contributed by atoms with E-state index < -0.39 is 0 Å². The van der Waals surface area contributed by atoms with Crippen LogP contribution in [0.25, 0.3) is 0 Å². The average molecular weight is 398 g/mol. The molecule has 0 bridgehead atoms. The van der Waals surface area contributed by atoms with Crippen LogP contribution < -0.4 is 24.3 Å². The molecule has 0 radical (unpaired) electrons. The molecule has 0 aliphatic carbocycles. The number of nitrogens with one attached hydrogen (secondary N) is 1. The molecule has 2 rings (SSSR count). The van der Waals surface area contributed by atoms with Gasteiger partial charge in [-0.25, -0.2) is 0 Å². The zero-order chi connectivity index (χ0) is 19.1. The predicted octanol–water partition coefficient (Wildman–Crippen LogP) is 4.11. The minimum atomic E-state index is -0.188. The van der Waals surface area contributed by atoms with E-state index in [1.165, 1.54) is 26.0 Å². The second kappa shape index (κ2) is 9.45. The molecule has 0 atom stereocenters. The smallest absolute Gasteiger partial charge is 0.234 e. The lowest BCUT2D eigenvalue weighted by atomic mass is 10.2. The molecule has 0 saturated heterocycles. The number of thioether (sulfide) groups is 1. The Morgan fingerprint density at radius 3 is 2.19 bits per heavy atom. The van der Waals surface area contributed by atoms with Crippen LogP contribution in [-0.4, -0.2) is 40.1 Å². The Labute approximate surface area is 161 Å². The minimum absolute atomic E-state index is 0.188. The van der Waals surface area contributed by atoms with Crippen LogP contribution in [0, 0.1) is 0 Å². The third-order valence-electron chi connectivity index (χ3n) is 3.47. The van der Waals surface area contributed by atoms with Crippen molar-refractivity contribution in [1.82, 2.24) is 0 Å². The SMILES string of the molecule is COc1cc(NC(=O)CSc2ccc(OC)c(OC)c2)c(OC)cc1Cl. The number of carbonyl (C=O) groups is 1. The first-order valence-electron chi connectivity index (χ1n) is 7.58. The van der Waals surface area contributed by atoms with Crippen molar-refractivity contribution in [1.29, 1.82) is 0 Å². The Morgan fingerprint density at radius 1 is 0.923 bits per heavy atom. The highest BCUT2D eigenvalue weighted by Crippen LogP contribution is 2.36. The van der Waals surface area contributed by atoms with Gasteiger partial charge in [-0.05, 0) is 18.2 Å². The highest BCUT2D eigenvalue weighted by Gasteiger charge is 2.13. The maximum atomic E-state index is 12.3. The number of methoxy groups -OCH3 is 4. The van der Waals surface area contributed by atoms with Crippen molar-refractivity contribution < 1.29 is 23.7 Å². The second-order valence-electron chi connectivity index (χ2n) is 5.04. The fourth-order valence-corrected chi connectivity index (χ4v) is 3.16. The van der Waals surface area contributed by atoms with Gasteiger partial charge in [-0.1, -0.05) is 11.6 Å². The van der Waals surface area contributed by atoms with Crippen LogP contribution in [0.2, 0.25) is 5.02 Å². The van der Waals surface area contributed by atoms with Crippen molar-refractivity contribution >= 4 is 35.0 Å². The summed E-state index contributed by atoms with van der Waals surface area (Å²) in [7, 11) is 6.16. The first-order chi connectivity index (χ1) is 12.5. The van der Waals surface area contributed by atoms with Crippen molar-refractivity contribution in [3.8, 4) is 23.0 Å². The van der Waals surface area contributed by atoms with Gasteiger partial charge < -0.3 is 24.3 Å². The maximum Gasteiger partial charge on any atom is 0.234 e. The van der Waals surface area contributed by atoms with Gasteiger partial charge in [-0.15, -0.1) is 11.8 Å². The molecule has 2 aromatic carbocycles. The number of hydrogen-bond donors (Lipinski definition) is 1. The first kappa shape index (κ1) is 20.1. The van der Waals surface area contributed by atoms with Gasteiger partial charge in [0, 0.05) is 17.0 Å². The lowest BCUT2D eigenvalue weighted by Crippen LogP contribution is -2.14. The minimum Gasteiger partial charge on any atom is -0.495 e. The molecule has 0 fully saturated rings. The summed E-state index contributed by atoms with van der Waals surface area (Å²) in [6, 6.07) is 8.71. The van der Waals surface area contributed by atoms with Crippen LogP contribution >= 0.6 is 23.4 Å². The van der Waals surface area contributed by atoms with E-state index in [9.17, 15) is 4.79 Å². The van der Waals surface area contributed by atoms with E-state index in [1.54, 1.807) is 32.4 Å². The van der Waals surface area contributed by atoms with Crippen LogP contribution in [0.3, 0.4) is 0 Å². The molecule has 1 amide bonds. The summed E-state index contributed by atoms with van der Waals surface area (Å²) in [4.78, 5) is 13.2. The molecule has 0 aromatic heterocycles. The number of amides is 1. The van der Waals surface area contributed by atoms with Crippen molar-refractivity contribution in [2.45, 2.75) is 4.90 Å². The van der Waals surface area contributed by atoms with Crippen molar-refractivity contribution in [3.63, 3.8) is 0 Å². The monoisotopic (exact) mass is 397 g/mol. The lowest BCUT2D eigenvalue weighted by Gasteiger charge is -2.13. The van der Waals surface area contributed by atoms with Gasteiger partial charge >= 0.3 is 0 Å². The van der Waals surface area contributed by atoms with E-state index in [2.05, 4.69) is 5.32 Å². The zero-order valence-corrected chi connectivity index (χ0v) is 16.5. The Balaban J connectivity index is 2.05. The summed E-state index contributed by atoms with van der Waals surface area (Å²) in [6.07, 6.45) is 0. The fraction of sp³-hybridized carbons (Fsp3) is 0.278. The van der Waals surface area contributed by atoms with Crippen LogP contribution in [0.1, 0.15) is 0 Å². The number of halogens is 1.